The first-order valence-corrected chi connectivity index (χ1v) is 8.49. The monoisotopic (exact) mass is 342 g/mol. The van der Waals surface area contributed by atoms with Crippen LogP contribution in [0.2, 0.25) is 0 Å². The Hall–Kier alpha value is -3.40. The van der Waals surface area contributed by atoms with E-state index in [4.69, 9.17) is 0 Å². The number of aromatic hydroxyl groups is 1. The minimum absolute atomic E-state index is 0.0636. The molecule has 1 unspecified atom stereocenters. The second-order valence-electron chi connectivity index (χ2n) is 6.28. The number of pyridine rings is 2. The molecule has 0 bridgehead atoms. The predicted molar refractivity (Wildman–Crippen MR) is 103 cm³/mol. The van der Waals surface area contributed by atoms with Gasteiger partial charge in [0.15, 0.2) is 0 Å². The average molecular weight is 342 g/mol. The summed E-state index contributed by atoms with van der Waals surface area (Å²) in [7, 11) is 0. The van der Waals surface area contributed by atoms with Crippen LogP contribution in [-0.2, 0) is 0 Å². The molecule has 0 amide bonds. The lowest BCUT2D eigenvalue weighted by Gasteiger charge is -2.20. The quantitative estimate of drug-likeness (QED) is 0.601. The molecule has 0 aliphatic rings. The number of fused-ring (bicyclic) bond motifs is 1. The molecule has 0 aliphatic carbocycles. The topological polar surface area (TPSA) is 55.1 Å². The van der Waals surface area contributed by atoms with Crippen LogP contribution in [0.3, 0.4) is 0 Å². The molecule has 0 saturated carbocycles. The van der Waals surface area contributed by atoms with E-state index in [2.05, 4.69) is 4.98 Å². The maximum atomic E-state index is 13.4. The fraction of sp³-hybridized carbons (Fsp3) is 0.0909. The van der Waals surface area contributed by atoms with Gasteiger partial charge in [-0.1, -0.05) is 60.7 Å². The molecule has 4 nitrogen and oxygen atoms in total. The van der Waals surface area contributed by atoms with E-state index in [1.165, 1.54) is 6.20 Å². The van der Waals surface area contributed by atoms with Crippen LogP contribution >= 0.6 is 0 Å². The van der Waals surface area contributed by atoms with Crippen LogP contribution < -0.4 is 5.56 Å². The fourth-order valence-electron chi connectivity index (χ4n) is 3.32. The molecule has 1 N–H and O–H groups in total. The van der Waals surface area contributed by atoms with Crippen molar-refractivity contribution in [3.05, 3.63) is 95.0 Å². The number of hydrogen-bond donors (Lipinski definition) is 1. The van der Waals surface area contributed by atoms with Gasteiger partial charge in [0.05, 0.1) is 24.0 Å². The van der Waals surface area contributed by atoms with Gasteiger partial charge in [0.2, 0.25) is 0 Å². The van der Waals surface area contributed by atoms with Gasteiger partial charge in [-0.2, -0.15) is 0 Å². The summed E-state index contributed by atoms with van der Waals surface area (Å²) in [5.74, 6) is 0.0636. The Bertz CT molecular complexity index is 1120. The number of aromatic nitrogens is 2. The summed E-state index contributed by atoms with van der Waals surface area (Å²) in [5.41, 5.74) is 2.91. The smallest absolute Gasteiger partial charge is 0.259 e. The van der Waals surface area contributed by atoms with Crippen molar-refractivity contribution in [3.63, 3.8) is 0 Å². The Labute approximate surface area is 151 Å². The molecule has 128 valence electrons. The van der Waals surface area contributed by atoms with Gasteiger partial charge in [-0.05, 0) is 24.1 Å². The van der Waals surface area contributed by atoms with Crippen molar-refractivity contribution in [2.45, 2.75) is 13.0 Å². The maximum absolute atomic E-state index is 13.4. The van der Waals surface area contributed by atoms with Gasteiger partial charge < -0.3 is 5.11 Å². The van der Waals surface area contributed by atoms with Crippen molar-refractivity contribution in [2.75, 3.05) is 0 Å². The molecule has 0 fully saturated rings. The van der Waals surface area contributed by atoms with Gasteiger partial charge in [0.25, 0.3) is 5.56 Å². The van der Waals surface area contributed by atoms with E-state index < -0.39 is 0 Å². The summed E-state index contributed by atoms with van der Waals surface area (Å²) in [6.07, 6.45) is 3.03. The lowest BCUT2D eigenvalue weighted by molar-refractivity contribution is 0.478. The number of rotatable bonds is 3. The second kappa shape index (κ2) is 6.48. The Balaban J connectivity index is 2.06. The number of nitrogens with zero attached hydrogens (tertiary/aromatic N) is 2. The first-order valence-electron chi connectivity index (χ1n) is 8.49. The normalized spacial score (nSPS) is 12.2. The summed E-state index contributed by atoms with van der Waals surface area (Å²) >= 11 is 0. The SMILES string of the molecule is CC(c1ccccc1)n1c(=O)c(-c2ccccc2)cc2c(O)cncc21. The van der Waals surface area contributed by atoms with E-state index >= 15 is 0 Å². The molecule has 2 aromatic heterocycles. The lowest BCUT2D eigenvalue weighted by Crippen LogP contribution is -2.26. The Morgan fingerprint density at radius 1 is 0.962 bits per heavy atom. The molecule has 2 heterocycles. The minimum Gasteiger partial charge on any atom is -0.506 e. The molecule has 4 aromatic rings. The molecular formula is C22H18N2O2. The van der Waals surface area contributed by atoms with Gasteiger partial charge in [0, 0.05) is 10.9 Å². The van der Waals surface area contributed by atoms with E-state index in [-0.39, 0.29) is 17.4 Å². The van der Waals surface area contributed by atoms with Crippen molar-refractivity contribution in [1.82, 2.24) is 9.55 Å². The summed E-state index contributed by atoms with van der Waals surface area (Å²) in [6.45, 7) is 1.98. The molecular weight excluding hydrogens is 324 g/mol. The van der Waals surface area contributed by atoms with Crippen LogP contribution in [0.25, 0.3) is 22.0 Å². The fourth-order valence-corrected chi connectivity index (χ4v) is 3.32. The van der Waals surface area contributed by atoms with E-state index in [0.717, 1.165) is 11.1 Å². The predicted octanol–water partition coefficient (Wildman–Crippen LogP) is 4.38. The standard InChI is InChI=1S/C22H18N2O2/c1-15(16-8-4-2-5-9-16)24-20-13-23-14-21(25)19(20)12-18(22(24)26)17-10-6-3-7-11-17/h2-15,25H,1H3. The van der Waals surface area contributed by atoms with Crippen molar-refractivity contribution in [3.8, 4) is 16.9 Å². The molecule has 0 radical (unpaired) electrons. The maximum Gasteiger partial charge on any atom is 0.259 e. The molecule has 2 aromatic carbocycles. The van der Waals surface area contributed by atoms with Crippen LogP contribution in [0.1, 0.15) is 18.5 Å². The zero-order chi connectivity index (χ0) is 18.1. The Morgan fingerprint density at radius 3 is 2.31 bits per heavy atom. The van der Waals surface area contributed by atoms with E-state index in [0.29, 0.717) is 16.5 Å². The largest absolute Gasteiger partial charge is 0.506 e. The highest BCUT2D eigenvalue weighted by Crippen LogP contribution is 2.29. The van der Waals surface area contributed by atoms with Crippen molar-refractivity contribution >= 4 is 10.9 Å². The van der Waals surface area contributed by atoms with E-state index in [1.54, 1.807) is 16.8 Å². The molecule has 4 rings (SSSR count). The summed E-state index contributed by atoms with van der Waals surface area (Å²) in [4.78, 5) is 17.4. The number of hydrogen-bond acceptors (Lipinski definition) is 3. The van der Waals surface area contributed by atoms with Gasteiger partial charge >= 0.3 is 0 Å². The molecule has 0 aliphatic heterocycles. The molecule has 0 spiro atoms. The minimum atomic E-state index is -0.196. The molecule has 26 heavy (non-hydrogen) atoms. The third-order valence-corrected chi connectivity index (χ3v) is 4.70. The van der Waals surface area contributed by atoms with E-state index in [1.807, 2.05) is 67.6 Å². The zero-order valence-electron chi connectivity index (χ0n) is 14.3. The highest BCUT2D eigenvalue weighted by molar-refractivity contribution is 5.88. The van der Waals surface area contributed by atoms with Crippen molar-refractivity contribution in [2.24, 2.45) is 0 Å². The summed E-state index contributed by atoms with van der Waals surface area (Å²) in [5, 5.41) is 10.9. The third-order valence-electron chi connectivity index (χ3n) is 4.70. The van der Waals surface area contributed by atoms with E-state index in [9.17, 15) is 9.90 Å². The van der Waals surface area contributed by atoms with Crippen molar-refractivity contribution < 1.29 is 5.11 Å². The van der Waals surface area contributed by atoms with Crippen LogP contribution in [0.4, 0.5) is 0 Å². The lowest BCUT2D eigenvalue weighted by atomic mass is 10.0. The average Bonchev–Trinajstić information content (AvgIpc) is 2.69. The van der Waals surface area contributed by atoms with Crippen LogP contribution in [0, 0.1) is 0 Å². The van der Waals surface area contributed by atoms with Crippen LogP contribution in [0.15, 0.2) is 83.9 Å². The first-order chi connectivity index (χ1) is 12.7. The van der Waals surface area contributed by atoms with Gasteiger partial charge in [-0.25, -0.2) is 0 Å². The van der Waals surface area contributed by atoms with Crippen LogP contribution in [-0.4, -0.2) is 14.7 Å². The van der Waals surface area contributed by atoms with Gasteiger partial charge in [0.1, 0.15) is 5.75 Å². The Kier molecular flexibility index (Phi) is 4.01. The number of benzene rings is 2. The third kappa shape index (κ3) is 2.65. The Morgan fingerprint density at radius 2 is 1.62 bits per heavy atom. The second-order valence-corrected chi connectivity index (χ2v) is 6.28. The molecule has 1 atom stereocenters. The zero-order valence-corrected chi connectivity index (χ0v) is 14.3. The first kappa shape index (κ1) is 16.1. The highest BCUT2D eigenvalue weighted by Gasteiger charge is 2.18. The molecule has 4 heteroatoms. The van der Waals surface area contributed by atoms with Crippen molar-refractivity contribution in [1.29, 1.82) is 0 Å². The highest BCUT2D eigenvalue weighted by atomic mass is 16.3. The summed E-state index contributed by atoms with van der Waals surface area (Å²) in [6, 6.07) is 20.9. The summed E-state index contributed by atoms with van der Waals surface area (Å²) < 4.78 is 1.71. The van der Waals surface area contributed by atoms with Gasteiger partial charge in [-0.15, -0.1) is 0 Å². The van der Waals surface area contributed by atoms with Gasteiger partial charge in [-0.3, -0.25) is 14.3 Å². The molecule has 0 saturated heterocycles. The van der Waals surface area contributed by atoms with Crippen LogP contribution in [0.5, 0.6) is 5.75 Å².